The Labute approximate surface area is 175 Å². The summed E-state index contributed by atoms with van der Waals surface area (Å²) in [5.41, 5.74) is -1.16. The lowest BCUT2D eigenvalue weighted by molar-refractivity contribution is -0.137. The maximum Gasteiger partial charge on any atom is 0.416 e. The molecule has 0 spiro atoms. The molecule has 1 saturated heterocycles. The minimum atomic E-state index is -4.53. The molecule has 2 aliphatic rings. The summed E-state index contributed by atoms with van der Waals surface area (Å²) in [6, 6.07) is 4.37. The minimum absolute atomic E-state index is 0.0136. The minimum Gasteiger partial charge on any atom is -0.367 e. The van der Waals surface area contributed by atoms with Crippen LogP contribution in [0, 0.1) is 5.92 Å². The number of hydrogen-bond acceptors (Lipinski definition) is 4. The number of aromatic nitrogens is 2. The van der Waals surface area contributed by atoms with Crippen LogP contribution in [0.4, 0.5) is 18.9 Å². The predicted molar refractivity (Wildman–Crippen MR) is 106 cm³/mol. The van der Waals surface area contributed by atoms with Crippen LogP contribution in [0.25, 0.3) is 5.69 Å². The quantitative estimate of drug-likeness (QED) is 0.734. The number of anilines is 1. The van der Waals surface area contributed by atoms with Crippen LogP contribution in [0.3, 0.4) is 0 Å². The molecule has 0 N–H and O–H groups in total. The third kappa shape index (κ3) is 4.16. The SMILES string of the molecule is O=C(C1CC1)N1CCCN(c2cnn(-c3cccc(C(F)(F)F)c3)c(=O)c2Cl)CC1. The van der Waals surface area contributed by atoms with Gasteiger partial charge < -0.3 is 9.80 Å². The van der Waals surface area contributed by atoms with Crippen molar-refractivity contribution in [2.45, 2.75) is 25.4 Å². The first kappa shape index (κ1) is 20.7. The standard InChI is InChI=1S/C20H20ClF3N4O2/c21-17-16(26-7-2-8-27(10-9-26)18(29)13-5-6-13)12-25-28(19(17)30)15-4-1-3-14(11-15)20(22,23)24/h1,3-4,11-13H,2,5-10H2. The van der Waals surface area contributed by atoms with E-state index in [0.717, 1.165) is 36.1 Å². The van der Waals surface area contributed by atoms with E-state index in [1.165, 1.54) is 18.3 Å². The van der Waals surface area contributed by atoms with Crippen molar-refractivity contribution in [1.29, 1.82) is 0 Å². The van der Waals surface area contributed by atoms with Crippen molar-refractivity contribution in [1.82, 2.24) is 14.7 Å². The van der Waals surface area contributed by atoms with Crippen LogP contribution in [-0.2, 0) is 11.0 Å². The third-order valence-electron chi connectivity index (χ3n) is 5.39. The molecule has 0 bridgehead atoms. The Balaban J connectivity index is 1.57. The molecule has 1 aromatic carbocycles. The van der Waals surface area contributed by atoms with E-state index in [0.29, 0.717) is 31.9 Å². The number of carbonyl (C=O) groups excluding carboxylic acids is 1. The van der Waals surface area contributed by atoms with Gasteiger partial charge in [-0.3, -0.25) is 9.59 Å². The number of nitrogens with zero attached hydrogens (tertiary/aromatic N) is 4. The van der Waals surface area contributed by atoms with Crippen molar-refractivity contribution in [3.63, 3.8) is 0 Å². The smallest absolute Gasteiger partial charge is 0.367 e. The monoisotopic (exact) mass is 440 g/mol. The normalized spacial score (nSPS) is 17.7. The van der Waals surface area contributed by atoms with E-state index in [1.807, 2.05) is 9.80 Å². The van der Waals surface area contributed by atoms with Gasteiger partial charge in [0.25, 0.3) is 5.56 Å². The van der Waals surface area contributed by atoms with Gasteiger partial charge in [0.2, 0.25) is 5.91 Å². The van der Waals surface area contributed by atoms with E-state index < -0.39 is 17.3 Å². The summed E-state index contributed by atoms with van der Waals surface area (Å²) in [7, 11) is 0. The fourth-order valence-corrected chi connectivity index (χ4v) is 3.86. The highest BCUT2D eigenvalue weighted by Gasteiger charge is 2.34. The summed E-state index contributed by atoms with van der Waals surface area (Å²) in [6.07, 6.45) is -0.516. The molecule has 10 heteroatoms. The van der Waals surface area contributed by atoms with E-state index in [9.17, 15) is 22.8 Å². The molecule has 0 radical (unpaired) electrons. The molecule has 1 aromatic heterocycles. The topological polar surface area (TPSA) is 58.4 Å². The molecule has 2 heterocycles. The highest BCUT2D eigenvalue weighted by atomic mass is 35.5. The van der Waals surface area contributed by atoms with Crippen molar-refractivity contribution in [3.05, 3.63) is 51.4 Å². The molecule has 1 aliphatic carbocycles. The molecule has 2 aromatic rings. The Hall–Kier alpha value is -2.55. The van der Waals surface area contributed by atoms with Crippen LogP contribution in [0.2, 0.25) is 5.02 Å². The van der Waals surface area contributed by atoms with Crippen molar-refractivity contribution >= 4 is 23.2 Å². The van der Waals surface area contributed by atoms with Crippen LogP contribution in [0.15, 0.2) is 35.3 Å². The first-order chi connectivity index (χ1) is 14.3. The van der Waals surface area contributed by atoms with Gasteiger partial charge in [-0.05, 0) is 37.5 Å². The summed E-state index contributed by atoms with van der Waals surface area (Å²) >= 11 is 6.31. The van der Waals surface area contributed by atoms with E-state index >= 15 is 0 Å². The molecular formula is C20H20ClF3N4O2. The first-order valence-electron chi connectivity index (χ1n) is 9.75. The zero-order valence-corrected chi connectivity index (χ0v) is 16.8. The highest BCUT2D eigenvalue weighted by Crippen LogP contribution is 2.32. The fourth-order valence-electron chi connectivity index (χ4n) is 3.61. The Kier molecular flexibility index (Phi) is 5.48. The van der Waals surface area contributed by atoms with Crippen LogP contribution < -0.4 is 10.5 Å². The van der Waals surface area contributed by atoms with Crippen LogP contribution in [-0.4, -0.2) is 46.8 Å². The number of carbonyl (C=O) groups is 1. The molecule has 1 amide bonds. The Morgan fingerprint density at radius 1 is 1.13 bits per heavy atom. The van der Waals surface area contributed by atoms with Gasteiger partial charge >= 0.3 is 6.18 Å². The molecule has 1 saturated carbocycles. The van der Waals surface area contributed by atoms with Crippen LogP contribution in [0.1, 0.15) is 24.8 Å². The van der Waals surface area contributed by atoms with Gasteiger partial charge in [-0.2, -0.15) is 23.0 Å². The third-order valence-corrected chi connectivity index (χ3v) is 5.75. The molecule has 6 nitrogen and oxygen atoms in total. The maximum absolute atomic E-state index is 13.0. The van der Waals surface area contributed by atoms with Crippen molar-refractivity contribution in [3.8, 4) is 5.69 Å². The zero-order valence-electron chi connectivity index (χ0n) is 16.0. The molecular weight excluding hydrogens is 421 g/mol. The Morgan fingerprint density at radius 3 is 2.60 bits per heavy atom. The van der Waals surface area contributed by atoms with Crippen molar-refractivity contribution in [2.24, 2.45) is 5.92 Å². The molecule has 1 aliphatic heterocycles. The lowest BCUT2D eigenvalue weighted by Crippen LogP contribution is -2.36. The summed E-state index contributed by atoms with van der Waals surface area (Å²) in [5.74, 6) is 0.333. The van der Waals surface area contributed by atoms with Crippen LogP contribution in [0.5, 0.6) is 0 Å². The molecule has 2 fully saturated rings. The van der Waals surface area contributed by atoms with E-state index in [2.05, 4.69) is 5.10 Å². The van der Waals surface area contributed by atoms with Gasteiger partial charge in [0, 0.05) is 32.1 Å². The predicted octanol–water partition coefficient (Wildman–Crippen LogP) is 3.35. The van der Waals surface area contributed by atoms with Crippen LogP contribution >= 0.6 is 11.6 Å². The van der Waals surface area contributed by atoms with E-state index in [-0.39, 0.29) is 22.5 Å². The molecule has 4 rings (SSSR count). The van der Waals surface area contributed by atoms with Gasteiger partial charge in [-0.25, -0.2) is 0 Å². The van der Waals surface area contributed by atoms with Gasteiger partial charge in [-0.1, -0.05) is 17.7 Å². The summed E-state index contributed by atoms with van der Waals surface area (Å²) in [5, 5.41) is 3.95. The maximum atomic E-state index is 13.0. The van der Waals surface area contributed by atoms with Gasteiger partial charge in [0.1, 0.15) is 5.02 Å². The van der Waals surface area contributed by atoms with E-state index in [1.54, 1.807) is 0 Å². The number of benzene rings is 1. The Morgan fingerprint density at radius 2 is 1.90 bits per heavy atom. The largest absolute Gasteiger partial charge is 0.416 e. The molecule has 160 valence electrons. The highest BCUT2D eigenvalue weighted by molar-refractivity contribution is 6.33. The zero-order chi connectivity index (χ0) is 21.5. The number of alkyl halides is 3. The molecule has 0 atom stereocenters. The second-order valence-electron chi connectivity index (χ2n) is 7.55. The van der Waals surface area contributed by atoms with Gasteiger partial charge in [0.15, 0.2) is 0 Å². The first-order valence-corrected chi connectivity index (χ1v) is 10.1. The van der Waals surface area contributed by atoms with Gasteiger partial charge in [0.05, 0.1) is 23.1 Å². The second-order valence-corrected chi connectivity index (χ2v) is 7.93. The average Bonchev–Trinajstić information content (AvgIpc) is 3.56. The lowest BCUT2D eigenvalue weighted by atomic mass is 10.2. The number of rotatable bonds is 3. The van der Waals surface area contributed by atoms with Crippen molar-refractivity contribution in [2.75, 3.05) is 31.1 Å². The number of hydrogen-bond donors (Lipinski definition) is 0. The lowest BCUT2D eigenvalue weighted by Gasteiger charge is -2.24. The summed E-state index contributed by atoms with van der Waals surface area (Å²) in [6.45, 7) is 2.29. The number of halogens is 4. The van der Waals surface area contributed by atoms with Crippen molar-refractivity contribution < 1.29 is 18.0 Å². The fraction of sp³-hybridized carbons (Fsp3) is 0.450. The van der Waals surface area contributed by atoms with E-state index in [4.69, 9.17) is 11.6 Å². The molecule has 0 unspecified atom stereocenters. The molecule has 30 heavy (non-hydrogen) atoms. The number of amides is 1. The summed E-state index contributed by atoms with van der Waals surface area (Å²) in [4.78, 5) is 28.8. The Bertz CT molecular complexity index is 1020. The summed E-state index contributed by atoms with van der Waals surface area (Å²) < 4.78 is 39.8. The second kappa shape index (κ2) is 7.94. The average molecular weight is 441 g/mol. The van der Waals surface area contributed by atoms with Gasteiger partial charge in [-0.15, -0.1) is 0 Å².